The third kappa shape index (κ3) is 7.59. The lowest BCUT2D eigenvalue weighted by molar-refractivity contribution is -0.143. The van der Waals surface area contributed by atoms with Crippen LogP contribution in [0.5, 0.6) is 11.5 Å². The Labute approximate surface area is 191 Å². The average molecular weight is 441 g/mol. The first-order valence-corrected chi connectivity index (χ1v) is 11.3. The second-order valence-corrected chi connectivity index (χ2v) is 8.22. The minimum atomic E-state index is -0.575. The molecule has 6 nitrogen and oxygen atoms in total. The smallest absolute Gasteiger partial charge is 0.261 e. The van der Waals surface area contributed by atoms with E-state index in [9.17, 15) is 9.59 Å². The second-order valence-electron chi connectivity index (χ2n) is 8.22. The number of rotatable bonds is 12. The number of methoxy groups -OCH3 is 1. The predicted octanol–water partition coefficient (Wildman–Crippen LogP) is 4.22. The van der Waals surface area contributed by atoms with Crippen LogP contribution in [0, 0.1) is 5.92 Å². The Morgan fingerprint density at radius 3 is 2.06 bits per heavy atom. The van der Waals surface area contributed by atoms with Gasteiger partial charge in [0, 0.05) is 13.1 Å². The van der Waals surface area contributed by atoms with Gasteiger partial charge in [-0.05, 0) is 54.2 Å². The number of hydrogen-bond donors (Lipinski definition) is 1. The maximum Gasteiger partial charge on any atom is 0.261 e. The van der Waals surface area contributed by atoms with Gasteiger partial charge in [0.05, 0.1) is 7.11 Å². The van der Waals surface area contributed by atoms with Gasteiger partial charge in [0.15, 0.2) is 6.61 Å². The van der Waals surface area contributed by atoms with E-state index in [1.165, 1.54) is 5.56 Å². The lowest BCUT2D eigenvalue weighted by Crippen LogP contribution is -2.50. The van der Waals surface area contributed by atoms with Gasteiger partial charge >= 0.3 is 0 Å². The van der Waals surface area contributed by atoms with Gasteiger partial charge in [-0.3, -0.25) is 9.59 Å². The molecular weight excluding hydrogens is 404 g/mol. The highest BCUT2D eigenvalue weighted by molar-refractivity contribution is 5.88. The van der Waals surface area contributed by atoms with Crippen molar-refractivity contribution >= 4 is 11.8 Å². The highest BCUT2D eigenvalue weighted by Gasteiger charge is 2.29. The lowest BCUT2D eigenvalue weighted by Gasteiger charge is -2.31. The second kappa shape index (κ2) is 12.7. The van der Waals surface area contributed by atoms with Gasteiger partial charge in [0.2, 0.25) is 5.91 Å². The Balaban J connectivity index is 2.17. The molecule has 0 aliphatic rings. The van der Waals surface area contributed by atoms with Crippen molar-refractivity contribution in [1.82, 2.24) is 10.2 Å². The summed E-state index contributed by atoms with van der Waals surface area (Å²) in [5.74, 6) is 1.34. The summed E-state index contributed by atoms with van der Waals surface area (Å²) in [7, 11) is 1.61. The number of nitrogens with one attached hydrogen (secondary N) is 1. The molecule has 2 aromatic carbocycles. The van der Waals surface area contributed by atoms with Gasteiger partial charge in [-0.1, -0.05) is 52.0 Å². The van der Waals surface area contributed by atoms with Gasteiger partial charge in [0.1, 0.15) is 17.5 Å². The van der Waals surface area contributed by atoms with E-state index in [1.54, 1.807) is 12.0 Å². The summed E-state index contributed by atoms with van der Waals surface area (Å²) in [5, 5.41) is 2.97. The molecule has 0 aliphatic carbocycles. The monoisotopic (exact) mass is 440 g/mol. The zero-order valence-electron chi connectivity index (χ0n) is 19.9. The van der Waals surface area contributed by atoms with E-state index in [0.29, 0.717) is 31.2 Å². The number of hydrogen-bond acceptors (Lipinski definition) is 4. The van der Waals surface area contributed by atoms with E-state index in [-0.39, 0.29) is 18.4 Å². The van der Waals surface area contributed by atoms with E-state index in [1.807, 2.05) is 69.3 Å². The van der Waals surface area contributed by atoms with Crippen molar-refractivity contribution in [3.05, 3.63) is 59.7 Å². The molecule has 0 aromatic heterocycles. The third-order valence-electron chi connectivity index (χ3n) is 5.28. The van der Waals surface area contributed by atoms with Crippen molar-refractivity contribution in [2.75, 3.05) is 20.3 Å². The van der Waals surface area contributed by atoms with Crippen LogP contribution in [0.25, 0.3) is 0 Å². The first-order chi connectivity index (χ1) is 15.4. The van der Waals surface area contributed by atoms with Crippen molar-refractivity contribution in [1.29, 1.82) is 0 Å². The summed E-state index contributed by atoms with van der Waals surface area (Å²) in [5.41, 5.74) is 2.12. The Bertz CT molecular complexity index is 847. The summed E-state index contributed by atoms with van der Waals surface area (Å²) < 4.78 is 11.0. The molecule has 2 amide bonds. The minimum Gasteiger partial charge on any atom is -0.497 e. The van der Waals surface area contributed by atoms with Crippen molar-refractivity contribution in [3.8, 4) is 11.5 Å². The molecule has 0 unspecified atom stereocenters. The highest BCUT2D eigenvalue weighted by atomic mass is 16.5. The Morgan fingerprint density at radius 1 is 0.938 bits per heavy atom. The zero-order valence-corrected chi connectivity index (χ0v) is 19.9. The number of aryl methyl sites for hydroxylation is 1. The largest absolute Gasteiger partial charge is 0.497 e. The fourth-order valence-corrected chi connectivity index (χ4v) is 3.32. The molecule has 0 spiro atoms. The molecule has 0 aliphatic heterocycles. The summed E-state index contributed by atoms with van der Waals surface area (Å²) in [6, 6.07) is 14.7. The zero-order chi connectivity index (χ0) is 23.5. The first-order valence-electron chi connectivity index (χ1n) is 11.3. The number of carbonyl (C=O) groups is 2. The van der Waals surface area contributed by atoms with Crippen LogP contribution < -0.4 is 14.8 Å². The van der Waals surface area contributed by atoms with E-state index in [2.05, 4.69) is 12.2 Å². The van der Waals surface area contributed by atoms with Crippen LogP contribution in [0.4, 0.5) is 0 Å². The van der Waals surface area contributed by atoms with E-state index in [4.69, 9.17) is 9.47 Å². The molecule has 0 saturated heterocycles. The molecule has 174 valence electrons. The molecule has 2 aromatic rings. The van der Waals surface area contributed by atoms with E-state index < -0.39 is 6.04 Å². The minimum absolute atomic E-state index is 0.129. The van der Waals surface area contributed by atoms with Gasteiger partial charge in [0.25, 0.3) is 5.91 Å². The lowest BCUT2D eigenvalue weighted by atomic mass is 10.1. The molecule has 0 radical (unpaired) electrons. The molecule has 0 heterocycles. The molecule has 6 heteroatoms. The summed E-state index contributed by atoms with van der Waals surface area (Å²) in [4.78, 5) is 27.7. The number of amides is 2. The quantitative estimate of drug-likeness (QED) is 0.537. The van der Waals surface area contributed by atoms with Crippen molar-refractivity contribution in [2.24, 2.45) is 5.92 Å². The predicted molar refractivity (Wildman–Crippen MR) is 127 cm³/mol. The number of benzene rings is 2. The third-order valence-corrected chi connectivity index (χ3v) is 5.28. The summed E-state index contributed by atoms with van der Waals surface area (Å²) in [6.45, 7) is 8.84. The number of ether oxygens (including phenoxy) is 2. The van der Waals surface area contributed by atoms with Crippen molar-refractivity contribution in [2.45, 2.75) is 53.1 Å². The SMILES string of the molecule is CCc1ccc(OCC(=O)N(Cc2ccc(OC)cc2)[C@@H](CC)C(=O)NCC(C)C)cc1. The van der Waals surface area contributed by atoms with Crippen LogP contribution in [0.3, 0.4) is 0 Å². The summed E-state index contributed by atoms with van der Waals surface area (Å²) in [6.07, 6.45) is 1.45. The van der Waals surface area contributed by atoms with Crippen LogP contribution in [0.1, 0.15) is 45.2 Å². The fourth-order valence-electron chi connectivity index (χ4n) is 3.32. The maximum atomic E-state index is 13.2. The normalized spacial score (nSPS) is 11.7. The molecular formula is C26H36N2O4. The van der Waals surface area contributed by atoms with E-state index >= 15 is 0 Å². The van der Waals surface area contributed by atoms with Crippen LogP contribution in [-0.2, 0) is 22.6 Å². The maximum absolute atomic E-state index is 13.2. The number of carbonyl (C=O) groups excluding carboxylic acids is 2. The molecule has 0 fully saturated rings. The van der Waals surface area contributed by atoms with Crippen LogP contribution in [-0.4, -0.2) is 43.0 Å². The van der Waals surface area contributed by atoms with Crippen molar-refractivity contribution in [3.63, 3.8) is 0 Å². The summed E-state index contributed by atoms with van der Waals surface area (Å²) >= 11 is 0. The Kier molecular flexibility index (Phi) is 10.1. The van der Waals surface area contributed by atoms with Crippen LogP contribution in [0.15, 0.2) is 48.5 Å². The van der Waals surface area contributed by atoms with Gasteiger partial charge < -0.3 is 19.7 Å². The highest BCUT2D eigenvalue weighted by Crippen LogP contribution is 2.17. The topological polar surface area (TPSA) is 67.9 Å². The fraction of sp³-hybridized carbons (Fsp3) is 0.462. The molecule has 32 heavy (non-hydrogen) atoms. The Hall–Kier alpha value is -3.02. The number of nitrogens with zero attached hydrogens (tertiary/aromatic N) is 1. The van der Waals surface area contributed by atoms with Gasteiger partial charge in [-0.2, -0.15) is 0 Å². The molecule has 1 atom stereocenters. The van der Waals surface area contributed by atoms with E-state index in [0.717, 1.165) is 17.7 Å². The first kappa shape index (κ1) is 25.2. The van der Waals surface area contributed by atoms with Crippen LogP contribution in [0.2, 0.25) is 0 Å². The molecule has 0 bridgehead atoms. The Morgan fingerprint density at radius 2 is 1.53 bits per heavy atom. The van der Waals surface area contributed by atoms with Gasteiger partial charge in [-0.15, -0.1) is 0 Å². The standard InChI is InChI=1S/C26H36N2O4/c1-6-20-8-14-23(15-9-20)32-18-25(29)28(17-21-10-12-22(31-5)13-11-21)24(7-2)26(30)27-16-19(3)4/h8-15,19,24H,6-7,16-18H2,1-5H3,(H,27,30)/t24-/m0/s1. The van der Waals surface area contributed by atoms with Gasteiger partial charge in [-0.25, -0.2) is 0 Å². The van der Waals surface area contributed by atoms with Crippen molar-refractivity contribution < 1.29 is 19.1 Å². The molecule has 0 saturated carbocycles. The average Bonchev–Trinajstić information content (AvgIpc) is 2.81. The molecule has 1 N–H and O–H groups in total. The van der Waals surface area contributed by atoms with Crippen LogP contribution >= 0.6 is 0 Å². The molecule has 2 rings (SSSR count).